The Hall–Kier alpha value is -0.670. The zero-order valence-corrected chi connectivity index (χ0v) is 8.76. The molecular formula is C11H13O2S-. The first-order valence-corrected chi connectivity index (χ1v) is 6.15. The summed E-state index contributed by atoms with van der Waals surface area (Å²) in [6, 6.07) is 8.18. The summed E-state index contributed by atoms with van der Waals surface area (Å²) in [5.41, 5.74) is 2.57. The molecule has 0 spiro atoms. The minimum absolute atomic E-state index is 0.240. The second kappa shape index (κ2) is 4.24. The van der Waals surface area contributed by atoms with Crippen molar-refractivity contribution in [1.82, 2.24) is 0 Å². The van der Waals surface area contributed by atoms with Crippen molar-refractivity contribution in [3.05, 3.63) is 35.4 Å². The fourth-order valence-electron chi connectivity index (χ4n) is 1.75. The number of hydrogen-bond acceptors (Lipinski definition) is 2. The zero-order valence-electron chi connectivity index (χ0n) is 7.94. The van der Waals surface area contributed by atoms with Crippen molar-refractivity contribution in [1.29, 1.82) is 0 Å². The molecule has 0 bridgehead atoms. The Kier molecular flexibility index (Phi) is 2.99. The largest absolute Gasteiger partial charge is 0.772 e. The SMILES string of the molecule is O=S([O-])CCc1ccccc1C1CC1. The van der Waals surface area contributed by atoms with Crippen LogP contribution in [0, 0.1) is 0 Å². The molecule has 1 fully saturated rings. The molecular weight excluding hydrogens is 196 g/mol. The molecule has 0 N–H and O–H groups in total. The van der Waals surface area contributed by atoms with Gasteiger partial charge in [0.2, 0.25) is 0 Å². The quantitative estimate of drug-likeness (QED) is 0.711. The van der Waals surface area contributed by atoms with Gasteiger partial charge in [-0.3, -0.25) is 4.21 Å². The van der Waals surface area contributed by atoms with Crippen LogP contribution in [-0.4, -0.2) is 14.5 Å². The van der Waals surface area contributed by atoms with Crippen molar-refractivity contribution in [2.75, 3.05) is 5.75 Å². The molecule has 3 heteroatoms. The van der Waals surface area contributed by atoms with E-state index in [0.717, 1.165) is 0 Å². The van der Waals surface area contributed by atoms with E-state index in [1.165, 1.54) is 24.0 Å². The molecule has 2 nitrogen and oxygen atoms in total. The predicted molar refractivity (Wildman–Crippen MR) is 55.9 cm³/mol. The number of hydrogen-bond donors (Lipinski definition) is 0. The van der Waals surface area contributed by atoms with E-state index in [-0.39, 0.29) is 5.75 Å². The van der Waals surface area contributed by atoms with Crippen LogP contribution in [0.3, 0.4) is 0 Å². The van der Waals surface area contributed by atoms with Crippen LogP contribution in [0.5, 0.6) is 0 Å². The molecule has 0 saturated heterocycles. The van der Waals surface area contributed by atoms with Crippen LogP contribution in [-0.2, 0) is 17.5 Å². The molecule has 76 valence electrons. The molecule has 0 radical (unpaired) electrons. The maximum atomic E-state index is 10.5. The number of benzene rings is 1. The lowest BCUT2D eigenvalue weighted by molar-refractivity contribution is 0.536. The molecule has 1 aliphatic rings. The minimum Gasteiger partial charge on any atom is -0.772 e. The number of aryl methyl sites for hydroxylation is 1. The van der Waals surface area contributed by atoms with E-state index in [2.05, 4.69) is 6.07 Å². The molecule has 14 heavy (non-hydrogen) atoms. The van der Waals surface area contributed by atoms with Crippen LogP contribution in [0.1, 0.15) is 29.9 Å². The lowest BCUT2D eigenvalue weighted by Gasteiger charge is -2.09. The Labute approximate surface area is 86.6 Å². The summed E-state index contributed by atoms with van der Waals surface area (Å²) in [5.74, 6) is 0.940. The Bertz CT molecular complexity index is 345. The first-order valence-electron chi connectivity index (χ1n) is 4.91. The van der Waals surface area contributed by atoms with Crippen LogP contribution in [0.15, 0.2) is 24.3 Å². The molecule has 1 aromatic rings. The van der Waals surface area contributed by atoms with Crippen molar-refractivity contribution in [2.45, 2.75) is 25.2 Å². The third kappa shape index (κ3) is 2.42. The van der Waals surface area contributed by atoms with Gasteiger partial charge in [0.1, 0.15) is 0 Å². The highest BCUT2D eigenvalue weighted by Gasteiger charge is 2.25. The Morgan fingerprint density at radius 1 is 1.36 bits per heavy atom. The van der Waals surface area contributed by atoms with Crippen molar-refractivity contribution in [3.63, 3.8) is 0 Å². The number of rotatable bonds is 4. The van der Waals surface area contributed by atoms with Crippen LogP contribution >= 0.6 is 0 Å². The van der Waals surface area contributed by atoms with E-state index in [1.807, 2.05) is 18.2 Å². The van der Waals surface area contributed by atoms with Gasteiger partial charge in [-0.05, 0) is 36.3 Å². The zero-order chi connectivity index (χ0) is 9.97. The lowest BCUT2D eigenvalue weighted by Crippen LogP contribution is -2.01. The van der Waals surface area contributed by atoms with Gasteiger partial charge in [0, 0.05) is 5.75 Å². The first kappa shape index (κ1) is 9.87. The monoisotopic (exact) mass is 209 g/mol. The molecule has 0 amide bonds. The molecule has 1 atom stereocenters. The van der Waals surface area contributed by atoms with Crippen molar-refractivity contribution in [3.8, 4) is 0 Å². The van der Waals surface area contributed by atoms with Gasteiger partial charge in [0.25, 0.3) is 0 Å². The van der Waals surface area contributed by atoms with E-state index in [1.54, 1.807) is 0 Å². The summed E-state index contributed by atoms with van der Waals surface area (Å²) < 4.78 is 20.9. The molecule has 1 unspecified atom stereocenters. The normalized spacial score (nSPS) is 18.1. The average molecular weight is 209 g/mol. The minimum atomic E-state index is -1.92. The van der Waals surface area contributed by atoms with Gasteiger partial charge >= 0.3 is 0 Å². The lowest BCUT2D eigenvalue weighted by atomic mass is 10.0. The van der Waals surface area contributed by atoms with E-state index in [0.29, 0.717) is 12.3 Å². The standard InChI is InChI=1S/C11H14O2S/c12-14(13)8-7-9-3-1-2-4-11(9)10-5-6-10/h1-4,10H,5-8H2,(H,12,13)/p-1. The molecule has 0 aliphatic heterocycles. The van der Waals surface area contributed by atoms with E-state index >= 15 is 0 Å². The fraction of sp³-hybridized carbons (Fsp3) is 0.455. The van der Waals surface area contributed by atoms with E-state index in [4.69, 9.17) is 0 Å². The van der Waals surface area contributed by atoms with Gasteiger partial charge < -0.3 is 4.55 Å². The van der Waals surface area contributed by atoms with Gasteiger partial charge in [0.15, 0.2) is 0 Å². The fourth-order valence-corrected chi connectivity index (χ4v) is 2.13. The van der Waals surface area contributed by atoms with Crippen LogP contribution in [0.4, 0.5) is 0 Å². The van der Waals surface area contributed by atoms with Crippen LogP contribution < -0.4 is 0 Å². The molecule has 0 heterocycles. The summed E-state index contributed by atoms with van der Waals surface area (Å²) in [5, 5.41) is 0. The highest BCUT2D eigenvalue weighted by Crippen LogP contribution is 2.41. The predicted octanol–water partition coefficient (Wildman–Crippen LogP) is 1.99. The van der Waals surface area contributed by atoms with Crippen LogP contribution in [0.2, 0.25) is 0 Å². The Morgan fingerprint density at radius 3 is 2.71 bits per heavy atom. The molecule has 1 aliphatic carbocycles. The highest BCUT2D eigenvalue weighted by molar-refractivity contribution is 7.79. The second-order valence-electron chi connectivity index (χ2n) is 3.73. The summed E-state index contributed by atoms with van der Waals surface area (Å²) >= 11 is -1.92. The summed E-state index contributed by atoms with van der Waals surface area (Å²) in [4.78, 5) is 0. The molecule has 2 rings (SSSR count). The topological polar surface area (TPSA) is 40.1 Å². The van der Waals surface area contributed by atoms with Crippen LogP contribution in [0.25, 0.3) is 0 Å². The van der Waals surface area contributed by atoms with Gasteiger partial charge in [-0.15, -0.1) is 0 Å². The smallest absolute Gasteiger partial charge is 0.0142 e. The summed E-state index contributed by atoms with van der Waals surface area (Å²) in [7, 11) is 0. The van der Waals surface area contributed by atoms with Crippen molar-refractivity contribution < 1.29 is 8.76 Å². The third-order valence-electron chi connectivity index (χ3n) is 2.61. The average Bonchev–Trinajstić information content (AvgIpc) is 2.98. The molecule has 0 aromatic heterocycles. The van der Waals surface area contributed by atoms with E-state index < -0.39 is 11.1 Å². The Morgan fingerprint density at radius 2 is 2.07 bits per heavy atom. The maximum absolute atomic E-state index is 10.5. The van der Waals surface area contributed by atoms with Crippen molar-refractivity contribution in [2.24, 2.45) is 0 Å². The van der Waals surface area contributed by atoms with Gasteiger partial charge in [-0.1, -0.05) is 35.3 Å². The molecule has 1 aromatic carbocycles. The third-order valence-corrected chi connectivity index (χ3v) is 3.15. The Balaban J connectivity index is 2.10. The van der Waals surface area contributed by atoms with E-state index in [9.17, 15) is 8.76 Å². The highest BCUT2D eigenvalue weighted by atomic mass is 32.2. The molecule has 1 saturated carbocycles. The van der Waals surface area contributed by atoms with Gasteiger partial charge in [-0.2, -0.15) is 0 Å². The summed E-state index contributed by atoms with van der Waals surface area (Å²) in [6.45, 7) is 0. The van der Waals surface area contributed by atoms with Crippen molar-refractivity contribution >= 4 is 11.1 Å². The first-order chi connectivity index (χ1) is 6.77. The second-order valence-corrected chi connectivity index (χ2v) is 4.75. The van der Waals surface area contributed by atoms with Gasteiger partial charge in [0.05, 0.1) is 0 Å². The maximum Gasteiger partial charge on any atom is 0.0142 e. The van der Waals surface area contributed by atoms with Gasteiger partial charge in [-0.25, -0.2) is 0 Å². The summed E-state index contributed by atoms with van der Waals surface area (Å²) in [6.07, 6.45) is 3.18.